The van der Waals surface area contributed by atoms with Gasteiger partial charge in [-0.3, -0.25) is 9.59 Å². The lowest BCUT2D eigenvalue weighted by molar-refractivity contribution is -0.127. The van der Waals surface area contributed by atoms with Gasteiger partial charge in [-0.05, 0) is 22.9 Å². The summed E-state index contributed by atoms with van der Waals surface area (Å²) in [6, 6.07) is 9.56. The topological polar surface area (TPSA) is 34.1 Å². The second-order valence-corrected chi connectivity index (χ2v) is 6.84. The van der Waals surface area contributed by atoms with Gasteiger partial charge in [0.15, 0.2) is 11.6 Å². The Kier molecular flexibility index (Phi) is 6.26. The molecule has 1 rings (SSSR count). The Bertz CT molecular complexity index is 404. The van der Waals surface area contributed by atoms with Crippen LogP contribution in [0.15, 0.2) is 35.2 Å². The SMILES string of the molecule is CCC(=O)C(Cl)(SSc1ccccc1)C(=O)CC. The first kappa shape index (κ1) is 15.6. The van der Waals surface area contributed by atoms with Crippen LogP contribution in [0.25, 0.3) is 0 Å². The number of carbonyl (C=O) groups excluding carboxylic acids is 2. The Balaban J connectivity index is 2.80. The Morgan fingerprint density at radius 2 is 1.61 bits per heavy atom. The van der Waals surface area contributed by atoms with Crippen LogP contribution in [0.2, 0.25) is 0 Å². The third kappa shape index (κ3) is 3.77. The lowest BCUT2D eigenvalue weighted by atomic mass is 10.1. The van der Waals surface area contributed by atoms with E-state index in [1.165, 1.54) is 10.8 Å². The first-order chi connectivity index (χ1) is 8.54. The Labute approximate surface area is 120 Å². The summed E-state index contributed by atoms with van der Waals surface area (Å²) in [7, 11) is 2.48. The molecular formula is C13H15ClO2S2. The Morgan fingerprint density at radius 1 is 1.11 bits per heavy atom. The highest BCUT2D eigenvalue weighted by molar-refractivity contribution is 8.77. The minimum absolute atomic E-state index is 0.232. The van der Waals surface area contributed by atoms with E-state index in [9.17, 15) is 9.59 Å². The van der Waals surface area contributed by atoms with Crippen molar-refractivity contribution in [2.24, 2.45) is 0 Å². The summed E-state index contributed by atoms with van der Waals surface area (Å²) in [6.45, 7) is 3.44. The van der Waals surface area contributed by atoms with E-state index >= 15 is 0 Å². The number of hydrogen-bond acceptors (Lipinski definition) is 4. The summed E-state index contributed by atoms with van der Waals surface area (Å²) in [6.07, 6.45) is 0.523. The van der Waals surface area contributed by atoms with Crippen molar-refractivity contribution in [3.63, 3.8) is 0 Å². The maximum absolute atomic E-state index is 11.9. The average molecular weight is 303 g/mol. The zero-order valence-corrected chi connectivity index (χ0v) is 12.7. The monoisotopic (exact) mass is 302 g/mol. The van der Waals surface area contributed by atoms with Crippen molar-refractivity contribution >= 4 is 44.8 Å². The van der Waals surface area contributed by atoms with Gasteiger partial charge in [0.1, 0.15) is 0 Å². The van der Waals surface area contributed by atoms with Crippen molar-refractivity contribution in [3.05, 3.63) is 30.3 Å². The van der Waals surface area contributed by atoms with Crippen LogP contribution in [0.5, 0.6) is 0 Å². The van der Waals surface area contributed by atoms with Crippen LogP contribution in [0.4, 0.5) is 0 Å². The number of alkyl halides is 1. The van der Waals surface area contributed by atoms with Crippen LogP contribution >= 0.6 is 33.2 Å². The van der Waals surface area contributed by atoms with Gasteiger partial charge < -0.3 is 0 Å². The summed E-state index contributed by atoms with van der Waals surface area (Å²) in [4.78, 5) is 24.7. The van der Waals surface area contributed by atoms with Crippen molar-refractivity contribution in [3.8, 4) is 0 Å². The molecule has 0 unspecified atom stereocenters. The summed E-state index contributed by atoms with van der Waals surface area (Å²) in [5.74, 6) is -0.464. The van der Waals surface area contributed by atoms with Crippen molar-refractivity contribution in [2.75, 3.05) is 0 Å². The molecular weight excluding hydrogens is 288 g/mol. The molecule has 18 heavy (non-hydrogen) atoms. The number of benzene rings is 1. The second-order valence-electron chi connectivity index (χ2n) is 3.63. The first-order valence-corrected chi connectivity index (χ1v) is 8.23. The fraction of sp³-hybridized carbons (Fsp3) is 0.385. The molecule has 0 atom stereocenters. The number of ketones is 2. The Morgan fingerprint density at radius 3 is 2.06 bits per heavy atom. The molecule has 0 aliphatic carbocycles. The molecule has 1 aromatic carbocycles. The second kappa shape index (κ2) is 7.22. The van der Waals surface area contributed by atoms with Gasteiger partial charge in [-0.1, -0.05) is 54.4 Å². The fourth-order valence-corrected chi connectivity index (χ4v) is 4.31. The molecule has 0 saturated carbocycles. The molecule has 5 heteroatoms. The van der Waals surface area contributed by atoms with Crippen LogP contribution in [-0.4, -0.2) is 15.8 Å². The smallest absolute Gasteiger partial charge is 0.215 e. The lowest BCUT2D eigenvalue weighted by Crippen LogP contribution is -2.36. The zero-order valence-electron chi connectivity index (χ0n) is 10.3. The minimum atomic E-state index is -1.45. The number of carbonyl (C=O) groups is 2. The van der Waals surface area contributed by atoms with Crippen molar-refractivity contribution in [1.82, 2.24) is 0 Å². The predicted molar refractivity (Wildman–Crippen MR) is 79.1 cm³/mol. The Hall–Kier alpha value is -0.450. The van der Waals surface area contributed by atoms with Gasteiger partial charge in [-0.25, -0.2) is 0 Å². The van der Waals surface area contributed by atoms with Crippen LogP contribution in [-0.2, 0) is 9.59 Å². The lowest BCUT2D eigenvalue weighted by Gasteiger charge is -2.21. The largest absolute Gasteiger partial charge is 0.296 e. The maximum Gasteiger partial charge on any atom is 0.215 e. The standard InChI is InChI=1S/C13H15ClO2S2/c1-3-11(15)13(14,12(16)4-2)18-17-10-8-6-5-7-9-10/h5-9H,3-4H2,1-2H3. The van der Waals surface area contributed by atoms with Crippen LogP contribution in [0, 0.1) is 0 Å². The first-order valence-electron chi connectivity index (χ1n) is 5.70. The third-order valence-corrected chi connectivity index (χ3v) is 6.09. The normalized spacial score (nSPS) is 11.3. The molecule has 0 aliphatic heterocycles. The van der Waals surface area contributed by atoms with Crippen LogP contribution in [0.1, 0.15) is 26.7 Å². The van der Waals surface area contributed by atoms with Crippen molar-refractivity contribution in [1.29, 1.82) is 0 Å². The van der Waals surface area contributed by atoms with Crippen LogP contribution in [0.3, 0.4) is 0 Å². The molecule has 0 bridgehead atoms. The van der Waals surface area contributed by atoms with E-state index in [1.807, 2.05) is 30.3 Å². The van der Waals surface area contributed by atoms with Crippen molar-refractivity contribution in [2.45, 2.75) is 35.8 Å². The van der Waals surface area contributed by atoms with Gasteiger partial charge in [0.25, 0.3) is 0 Å². The number of rotatable bonds is 7. The molecule has 98 valence electrons. The molecule has 0 N–H and O–H groups in total. The van der Waals surface area contributed by atoms with E-state index in [2.05, 4.69) is 0 Å². The van der Waals surface area contributed by atoms with Gasteiger partial charge in [0.2, 0.25) is 4.21 Å². The average Bonchev–Trinajstić information content (AvgIpc) is 2.43. The summed E-state index contributed by atoms with van der Waals surface area (Å²) in [5, 5.41) is 0. The number of halogens is 1. The third-order valence-electron chi connectivity index (χ3n) is 2.36. The highest BCUT2D eigenvalue weighted by atomic mass is 35.5. The highest BCUT2D eigenvalue weighted by Crippen LogP contribution is 2.45. The molecule has 1 aromatic rings. The van der Waals surface area contributed by atoms with E-state index in [4.69, 9.17) is 11.6 Å². The van der Waals surface area contributed by atoms with E-state index < -0.39 is 4.21 Å². The zero-order chi connectivity index (χ0) is 13.6. The molecule has 0 fully saturated rings. The van der Waals surface area contributed by atoms with Crippen molar-refractivity contribution < 1.29 is 9.59 Å². The molecule has 0 radical (unpaired) electrons. The highest BCUT2D eigenvalue weighted by Gasteiger charge is 2.42. The molecule has 0 aliphatic rings. The number of hydrogen-bond donors (Lipinski definition) is 0. The van der Waals surface area contributed by atoms with E-state index in [-0.39, 0.29) is 24.4 Å². The molecule has 0 aromatic heterocycles. The van der Waals surface area contributed by atoms with E-state index in [1.54, 1.807) is 13.8 Å². The minimum Gasteiger partial charge on any atom is -0.296 e. The summed E-state index contributed by atoms with van der Waals surface area (Å²) >= 11 is 6.23. The van der Waals surface area contributed by atoms with E-state index in [0.717, 1.165) is 15.7 Å². The fourth-order valence-electron chi connectivity index (χ4n) is 1.28. The molecule has 0 heterocycles. The maximum atomic E-state index is 11.9. The van der Waals surface area contributed by atoms with Crippen LogP contribution < -0.4 is 0 Å². The summed E-state index contributed by atoms with van der Waals surface area (Å²) < 4.78 is -1.45. The van der Waals surface area contributed by atoms with Gasteiger partial charge in [0.05, 0.1) is 0 Å². The number of Topliss-reactive ketones (excluding diaryl/α,β-unsaturated/α-hetero) is 2. The van der Waals surface area contributed by atoms with E-state index in [0.29, 0.717) is 0 Å². The summed E-state index contributed by atoms with van der Waals surface area (Å²) in [5.41, 5.74) is 0. The van der Waals surface area contributed by atoms with Gasteiger partial charge in [-0.15, -0.1) is 0 Å². The molecule has 0 amide bonds. The molecule has 0 saturated heterocycles. The molecule has 0 spiro atoms. The quantitative estimate of drug-likeness (QED) is 0.427. The van der Waals surface area contributed by atoms with Gasteiger partial charge in [0, 0.05) is 17.7 Å². The predicted octanol–water partition coefficient (Wildman–Crippen LogP) is 4.32. The van der Waals surface area contributed by atoms with Gasteiger partial charge >= 0.3 is 0 Å². The molecule has 2 nitrogen and oxygen atoms in total. The van der Waals surface area contributed by atoms with Gasteiger partial charge in [-0.2, -0.15) is 0 Å².